The Morgan fingerprint density at radius 2 is 2.00 bits per heavy atom. The molecule has 0 unspecified atom stereocenters. The van der Waals surface area contributed by atoms with Crippen molar-refractivity contribution in [2.24, 2.45) is 0 Å². The first-order chi connectivity index (χ1) is 10.1. The lowest BCUT2D eigenvalue weighted by molar-refractivity contribution is -0.140. The van der Waals surface area contributed by atoms with Gasteiger partial charge in [-0.3, -0.25) is 9.59 Å². The van der Waals surface area contributed by atoms with E-state index in [1.165, 1.54) is 7.11 Å². The van der Waals surface area contributed by atoms with Crippen molar-refractivity contribution in [2.45, 2.75) is 12.8 Å². The van der Waals surface area contributed by atoms with Crippen molar-refractivity contribution in [3.8, 4) is 0 Å². The highest BCUT2D eigenvalue weighted by Crippen LogP contribution is 2.14. The van der Waals surface area contributed by atoms with Gasteiger partial charge in [0.25, 0.3) is 5.91 Å². The van der Waals surface area contributed by atoms with Crippen LogP contribution in [0.25, 0.3) is 0 Å². The number of methoxy groups -OCH3 is 2. The highest BCUT2D eigenvalue weighted by atomic mass is 79.9. The second-order valence-corrected chi connectivity index (χ2v) is 5.39. The average Bonchev–Trinajstić information content (AvgIpc) is 2.49. The van der Waals surface area contributed by atoms with Gasteiger partial charge in [0, 0.05) is 36.8 Å². The van der Waals surface area contributed by atoms with Crippen LogP contribution in [0.5, 0.6) is 0 Å². The van der Waals surface area contributed by atoms with Crippen LogP contribution in [0.4, 0.5) is 0 Å². The Kier molecular flexibility index (Phi) is 8.00. The Bertz CT molecular complexity index is 478. The number of hydrogen-bond acceptors (Lipinski definition) is 4. The molecule has 0 saturated carbocycles. The van der Waals surface area contributed by atoms with E-state index in [0.717, 1.165) is 10.9 Å². The SMILES string of the molecule is COCCCN(CCC(=O)OC)C(=O)c1cccc(Br)c1. The Labute approximate surface area is 133 Å². The smallest absolute Gasteiger partial charge is 0.307 e. The molecule has 0 aromatic heterocycles. The van der Waals surface area contributed by atoms with Crippen LogP contribution in [0.3, 0.4) is 0 Å². The first-order valence-corrected chi connectivity index (χ1v) is 7.48. The molecule has 0 N–H and O–H groups in total. The van der Waals surface area contributed by atoms with Crippen LogP contribution in [0.1, 0.15) is 23.2 Å². The first-order valence-electron chi connectivity index (χ1n) is 6.69. The highest BCUT2D eigenvalue weighted by Gasteiger charge is 2.17. The zero-order valence-corrected chi connectivity index (χ0v) is 13.9. The summed E-state index contributed by atoms with van der Waals surface area (Å²) in [6, 6.07) is 7.20. The van der Waals surface area contributed by atoms with Crippen molar-refractivity contribution in [3.05, 3.63) is 34.3 Å². The molecule has 0 heterocycles. The maximum absolute atomic E-state index is 12.5. The normalized spacial score (nSPS) is 10.2. The zero-order valence-electron chi connectivity index (χ0n) is 12.3. The van der Waals surface area contributed by atoms with Crippen LogP contribution in [0.2, 0.25) is 0 Å². The van der Waals surface area contributed by atoms with Gasteiger partial charge in [-0.2, -0.15) is 0 Å². The van der Waals surface area contributed by atoms with Gasteiger partial charge in [-0.1, -0.05) is 22.0 Å². The molecule has 6 heteroatoms. The fourth-order valence-corrected chi connectivity index (χ4v) is 2.25. The Hall–Kier alpha value is -1.40. The maximum Gasteiger partial charge on any atom is 0.307 e. The molecule has 0 aliphatic heterocycles. The number of carbonyl (C=O) groups is 2. The summed E-state index contributed by atoms with van der Waals surface area (Å²) in [6.07, 6.45) is 0.903. The molecule has 0 fully saturated rings. The number of nitrogens with zero attached hydrogens (tertiary/aromatic N) is 1. The summed E-state index contributed by atoms with van der Waals surface area (Å²) in [7, 11) is 2.96. The number of halogens is 1. The van der Waals surface area contributed by atoms with Gasteiger partial charge >= 0.3 is 5.97 Å². The standard InChI is InChI=1S/C15H20BrNO4/c1-20-10-4-8-17(9-7-14(18)21-2)15(19)12-5-3-6-13(16)11-12/h3,5-6,11H,4,7-10H2,1-2H3. The molecule has 0 saturated heterocycles. The van der Waals surface area contributed by atoms with Crippen molar-refractivity contribution < 1.29 is 19.1 Å². The predicted molar refractivity (Wildman–Crippen MR) is 83.2 cm³/mol. The Morgan fingerprint density at radius 3 is 2.62 bits per heavy atom. The number of hydrogen-bond donors (Lipinski definition) is 0. The van der Waals surface area contributed by atoms with Crippen LogP contribution in [0, 0.1) is 0 Å². The van der Waals surface area contributed by atoms with Crippen LogP contribution >= 0.6 is 15.9 Å². The molecule has 0 radical (unpaired) electrons. The van der Waals surface area contributed by atoms with E-state index in [4.69, 9.17) is 4.74 Å². The lowest BCUT2D eigenvalue weighted by Gasteiger charge is -2.22. The number of ether oxygens (including phenoxy) is 2. The first kappa shape index (κ1) is 17.7. The highest BCUT2D eigenvalue weighted by molar-refractivity contribution is 9.10. The summed E-state index contributed by atoms with van der Waals surface area (Å²) in [4.78, 5) is 25.4. The van der Waals surface area contributed by atoms with E-state index in [1.807, 2.05) is 12.1 Å². The molecule has 0 atom stereocenters. The predicted octanol–water partition coefficient (Wildman–Crippen LogP) is 2.49. The molecule has 5 nitrogen and oxygen atoms in total. The van der Waals surface area contributed by atoms with E-state index >= 15 is 0 Å². The van der Waals surface area contributed by atoms with E-state index in [1.54, 1.807) is 24.1 Å². The molecule has 0 aliphatic rings. The Balaban J connectivity index is 2.73. The molecule has 1 rings (SSSR count). The number of benzene rings is 1. The third kappa shape index (κ3) is 6.27. The molecule has 0 bridgehead atoms. The molecular formula is C15H20BrNO4. The van der Waals surface area contributed by atoms with Crippen LogP contribution < -0.4 is 0 Å². The number of esters is 1. The molecule has 1 amide bonds. The van der Waals surface area contributed by atoms with E-state index in [2.05, 4.69) is 20.7 Å². The van der Waals surface area contributed by atoms with Crippen LogP contribution in [0.15, 0.2) is 28.7 Å². The topological polar surface area (TPSA) is 55.8 Å². The fraction of sp³-hybridized carbons (Fsp3) is 0.467. The van der Waals surface area contributed by atoms with Gasteiger partial charge in [-0.05, 0) is 24.6 Å². The van der Waals surface area contributed by atoms with E-state index in [9.17, 15) is 9.59 Å². The minimum absolute atomic E-state index is 0.101. The number of carbonyl (C=O) groups excluding carboxylic acids is 2. The number of rotatable bonds is 8. The van der Waals surface area contributed by atoms with E-state index in [0.29, 0.717) is 25.3 Å². The minimum Gasteiger partial charge on any atom is -0.469 e. The van der Waals surface area contributed by atoms with Crippen LogP contribution in [-0.2, 0) is 14.3 Å². The molecule has 1 aromatic carbocycles. The van der Waals surface area contributed by atoms with E-state index in [-0.39, 0.29) is 18.3 Å². The van der Waals surface area contributed by atoms with Crippen molar-refractivity contribution in [1.29, 1.82) is 0 Å². The van der Waals surface area contributed by atoms with Gasteiger partial charge in [-0.15, -0.1) is 0 Å². The van der Waals surface area contributed by atoms with E-state index < -0.39 is 0 Å². The fourth-order valence-electron chi connectivity index (χ4n) is 1.85. The van der Waals surface area contributed by atoms with Gasteiger partial charge in [0.1, 0.15) is 0 Å². The minimum atomic E-state index is -0.325. The van der Waals surface area contributed by atoms with Crippen molar-refractivity contribution in [2.75, 3.05) is 33.9 Å². The van der Waals surface area contributed by atoms with Gasteiger partial charge in [0.2, 0.25) is 0 Å². The maximum atomic E-state index is 12.5. The third-order valence-corrected chi connectivity index (χ3v) is 3.44. The Morgan fingerprint density at radius 1 is 1.24 bits per heavy atom. The quantitative estimate of drug-likeness (QED) is 0.529. The molecule has 0 spiro atoms. The van der Waals surface area contributed by atoms with Gasteiger partial charge in [-0.25, -0.2) is 0 Å². The monoisotopic (exact) mass is 357 g/mol. The summed E-state index contributed by atoms with van der Waals surface area (Å²) in [5.74, 6) is -0.426. The summed E-state index contributed by atoms with van der Waals surface area (Å²) < 4.78 is 10.5. The van der Waals surface area contributed by atoms with Gasteiger partial charge in [0.15, 0.2) is 0 Å². The lowest BCUT2D eigenvalue weighted by atomic mass is 10.2. The summed E-state index contributed by atoms with van der Waals surface area (Å²) in [5.41, 5.74) is 0.589. The second kappa shape index (κ2) is 9.52. The summed E-state index contributed by atoms with van der Waals surface area (Å²) in [5, 5.41) is 0. The van der Waals surface area contributed by atoms with Crippen molar-refractivity contribution >= 4 is 27.8 Å². The van der Waals surface area contributed by atoms with Crippen molar-refractivity contribution in [1.82, 2.24) is 4.90 Å². The van der Waals surface area contributed by atoms with Gasteiger partial charge < -0.3 is 14.4 Å². The number of amides is 1. The van der Waals surface area contributed by atoms with Crippen molar-refractivity contribution in [3.63, 3.8) is 0 Å². The molecule has 0 aliphatic carbocycles. The third-order valence-electron chi connectivity index (χ3n) is 2.95. The van der Waals surface area contributed by atoms with Crippen LogP contribution in [-0.4, -0.2) is 50.7 Å². The average molecular weight is 358 g/mol. The molecule has 21 heavy (non-hydrogen) atoms. The summed E-state index contributed by atoms with van der Waals surface area (Å²) >= 11 is 3.35. The second-order valence-electron chi connectivity index (χ2n) is 4.48. The molecule has 116 valence electrons. The lowest BCUT2D eigenvalue weighted by Crippen LogP contribution is -2.34. The molecule has 1 aromatic rings. The summed E-state index contributed by atoms with van der Waals surface area (Å²) in [6.45, 7) is 1.44. The largest absolute Gasteiger partial charge is 0.469 e. The van der Waals surface area contributed by atoms with Gasteiger partial charge in [0.05, 0.1) is 13.5 Å². The molecular weight excluding hydrogens is 338 g/mol. The zero-order chi connectivity index (χ0) is 15.7.